The number of aryl methyl sites for hydroxylation is 2. The molecule has 4 nitrogen and oxygen atoms in total. The first kappa shape index (κ1) is 13.6. The monoisotopic (exact) mass is 326 g/mol. The van der Waals surface area contributed by atoms with Crippen molar-refractivity contribution in [3.8, 4) is 0 Å². The Morgan fingerprint density at radius 3 is 2.63 bits per heavy atom. The molecule has 0 radical (unpaired) electrons. The van der Waals surface area contributed by atoms with E-state index in [2.05, 4.69) is 38.2 Å². The average molecular weight is 327 g/mol. The van der Waals surface area contributed by atoms with Gasteiger partial charge in [-0.3, -0.25) is 4.68 Å². The van der Waals surface area contributed by atoms with Crippen molar-refractivity contribution in [3.63, 3.8) is 0 Å². The minimum atomic E-state index is 0.661. The quantitative estimate of drug-likeness (QED) is 0.917. The summed E-state index contributed by atoms with van der Waals surface area (Å²) in [6, 6.07) is 0.661. The second-order valence-corrected chi connectivity index (χ2v) is 6.60. The van der Waals surface area contributed by atoms with E-state index >= 15 is 0 Å². The number of fused-ring (bicyclic) bond motifs is 3. The number of rotatable bonds is 4. The molecule has 4 rings (SSSR count). The smallest absolute Gasteiger partial charge is 0.0767 e. The predicted octanol–water partition coefficient (Wildman–Crippen LogP) is 1.93. The van der Waals surface area contributed by atoms with Crippen LogP contribution in [0.2, 0.25) is 0 Å². The molecule has 3 fully saturated rings. The maximum atomic E-state index is 4.56. The molecule has 1 aromatic rings. The maximum Gasteiger partial charge on any atom is 0.0767 e. The first-order valence-corrected chi connectivity index (χ1v) is 8.14. The van der Waals surface area contributed by atoms with Crippen LogP contribution in [0.1, 0.15) is 31.2 Å². The van der Waals surface area contributed by atoms with Crippen molar-refractivity contribution in [3.05, 3.63) is 15.9 Å². The van der Waals surface area contributed by atoms with Gasteiger partial charge in [0.15, 0.2) is 0 Å². The molecule has 0 aromatic carbocycles. The van der Waals surface area contributed by atoms with Crippen LogP contribution < -0.4 is 5.32 Å². The topological polar surface area (TPSA) is 33.1 Å². The van der Waals surface area contributed by atoms with Gasteiger partial charge in [-0.15, -0.1) is 0 Å². The third kappa shape index (κ3) is 2.60. The number of hydrogen-bond acceptors (Lipinski definition) is 3. The molecule has 1 aromatic heterocycles. The zero-order valence-electron chi connectivity index (χ0n) is 11.8. The number of halogens is 1. The third-order valence-corrected chi connectivity index (χ3v) is 5.61. The van der Waals surface area contributed by atoms with Gasteiger partial charge < -0.3 is 10.2 Å². The zero-order chi connectivity index (χ0) is 13.4. The second kappa shape index (κ2) is 5.54. The lowest BCUT2D eigenvalue weighted by Crippen LogP contribution is -2.55. The van der Waals surface area contributed by atoms with Crippen LogP contribution in [0.15, 0.2) is 4.47 Å². The normalized spacial score (nSPS) is 29.9. The number of nitrogens with zero attached hydrogens (tertiary/aromatic N) is 3. The third-order valence-electron chi connectivity index (χ3n) is 4.69. The van der Waals surface area contributed by atoms with E-state index in [0.717, 1.165) is 24.6 Å². The van der Waals surface area contributed by atoms with Crippen LogP contribution in [0, 0.1) is 5.92 Å². The van der Waals surface area contributed by atoms with E-state index in [-0.39, 0.29) is 0 Å². The molecule has 2 bridgehead atoms. The lowest BCUT2D eigenvalue weighted by molar-refractivity contribution is 0.0717. The van der Waals surface area contributed by atoms with Crippen LogP contribution in [0.25, 0.3) is 0 Å². The molecule has 3 aliphatic heterocycles. The van der Waals surface area contributed by atoms with Crippen LogP contribution in [-0.4, -0.2) is 40.4 Å². The van der Waals surface area contributed by atoms with E-state index in [9.17, 15) is 0 Å². The van der Waals surface area contributed by atoms with Crippen molar-refractivity contribution >= 4 is 15.9 Å². The minimum absolute atomic E-state index is 0.661. The Morgan fingerprint density at radius 2 is 2.11 bits per heavy atom. The maximum absolute atomic E-state index is 4.56. The van der Waals surface area contributed by atoms with Gasteiger partial charge in [-0.25, -0.2) is 0 Å². The van der Waals surface area contributed by atoms with Gasteiger partial charge in [-0.2, -0.15) is 5.10 Å². The predicted molar refractivity (Wildman–Crippen MR) is 80.1 cm³/mol. The lowest BCUT2D eigenvalue weighted by Gasteiger charge is -2.45. The molecule has 19 heavy (non-hydrogen) atoms. The van der Waals surface area contributed by atoms with E-state index in [4.69, 9.17) is 0 Å². The molecular formula is C14H23BrN4. The Labute approximate surface area is 123 Å². The van der Waals surface area contributed by atoms with Gasteiger partial charge in [0.1, 0.15) is 0 Å². The molecule has 0 aliphatic carbocycles. The minimum Gasteiger partial charge on any atom is -0.307 e. The molecule has 1 N–H and O–H groups in total. The van der Waals surface area contributed by atoms with Gasteiger partial charge in [0.25, 0.3) is 0 Å². The molecule has 0 spiro atoms. The summed E-state index contributed by atoms with van der Waals surface area (Å²) in [7, 11) is 2.04. The van der Waals surface area contributed by atoms with Crippen molar-refractivity contribution < 1.29 is 0 Å². The SMILES string of the molecule is CCc1nn(C)c(CNC2CN3CCC2CC3)c1Br. The van der Waals surface area contributed by atoms with Crippen molar-refractivity contribution in [1.29, 1.82) is 0 Å². The number of piperidine rings is 3. The summed E-state index contributed by atoms with van der Waals surface area (Å²) in [6.07, 6.45) is 3.71. The van der Waals surface area contributed by atoms with Crippen molar-refractivity contribution in [2.45, 2.75) is 38.8 Å². The average Bonchev–Trinajstić information content (AvgIpc) is 2.72. The first-order chi connectivity index (χ1) is 9.19. The molecule has 0 saturated carbocycles. The van der Waals surface area contributed by atoms with Crippen molar-refractivity contribution in [2.24, 2.45) is 13.0 Å². The van der Waals surface area contributed by atoms with E-state index in [1.807, 2.05) is 11.7 Å². The Kier molecular flexibility index (Phi) is 3.96. The number of hydrogen-bond donors (Lipinski definition) is 1. The van der Waals surface area contributed by atoms with E-state index in [0.29, 0.717) is 6.04 Å². The lowest BCUT2D eigenvalue weighted by atomic mass is 9.84. The molecule has 1 unspecified atom stereocenters. The van der Waals surface area contributed by atoms with E-state index in [1.54, 1.807) is 0 Å². The van der Waals surface area contributed by atoms with Crippen LogP contribution in [0.4, 0.5) is 0 Å². The highest BCUT2D eigenvalue weighted by molar-refractivity contribution is 9.10. The molecule has 3 saturated heterocycles. The molecule has 5 heteroatoms. The van der Waals surface area contributed by atoms with E-state index < -0.39 is 0 Å². The van der Waals surface area contributed by atoms with Crippen molar-refractivity contribution in [2.75, 3.05) is 19.6 Å². The molecule has 3 aliphatic rings. The summed E-state index contributed by atoms with van der Waals surface area (Å²) in [6.45, 7) is 6.90. The standard InChI is InChI=1S/C14H23BrN4/c1-3-11-14(15)13(18(2)17-11)8-16-12-9-19-6-4-10(12)5-7-19/h10,12,16H,3-9H2,1-2H3. The van der Waals surface area contributed by atoms with Gasteiger partial charge in [-0.1, -0.05) is 6.92 Å². The summed E-state index contributed by atoms with van der Waals surface area (Å²) in [5.41, 5.74) is 2.43. The highest BCUT2D eigenvalue weighted by Gasteiger charge is 2.33. The van der Waals surface area contributed by atoms with Gasteiger partial charge in [0, 0.05) is 26.2 Å². The van der Waals surface area contributed by atoms with E-state index in [1.165, 1.54) is 42.6 Å². The summed E-state index contributed by atoms with van der Waals surface area (Å²) in [5.74, 6) is 0.877. The van der Waals surface area contributed by atoms with Crippen molar-refractivity contribution in [1.82, 2.24) is 20.0 Å². The largest absolute Gasteiger partial charge is 0.307 e. The summed E-state index contributed by atoms with van der Waals surface area (Å²) in [5, 5.41) is 8.32. The fourth-order valence-electron chi connectivity index (χ4n) is 3.44. The Morgan fingerprint density at radius 1 is 1.37 bits per heavy atom. The van der Waals surface area contributed by atoms with Gasteiger partial charge >= 0.3 is 0 Å². The van der Waals surface area contributed by atoms with Crippen LogP contribution in [0.5, 0.6) is 0 Å². The van der Waals surface area contributed by atoms with Crippen LogP contribution in [-0.2, 0) is 20.0 Å². The molecular weight excluding hydrogens is 304 g/mol. The highest BCUT2D eigenvalue weighted by atomic mass is 79.9. The Hall–Kier alpha value is -0.390. The van der Waals surface area contributed by atoms with Gasteiger partial charge in [0.05, 0.1) is 15.9 Å². The van der Waals surface area contributed by atoms with Gasteiger partial charge in [-0.05, 0) is 54.2 Å². The van der Waals surface area contributed by atoms with Crippen LogP contribution in [0.3, 0.4) is 0 Å². The molecule has 106 valence electrons. The van der Waals surface area contributed by atoms with Crippen LogP contribution >= 0.6 is 15.9 Å². The summed E-state index contributed by atoms with van der Waals surface area (Å²) < 4.78 is 3.20. The summed E-state index contributed by atoms with van der Waals surface area (Å²) >= 11 is 3.69. The molecule has 1 atom stereocenters. The second-order valence-electron chi connectivity index (χ2n) is 5.81. The molecule has 4 heterocycles. The number of nitrogens with one attached hydrogen (secondary N) is 1. The summed E-state index contributed by atoms with van der Waals surface area (Å²) in [4.78, 5) is 2.59. The fraction of sp³-hybridized carbons (Fsp3) is 0.786. The fourth-order valence-corrected chi connectivity index (χ4v) is 4.19. The Bertz CT molecular complexity index is 449. The van der Waals surface area contributed by atoms with Gasteiger partial charge in [0.2, 0.25) is 0 Å². The number of aromatic nitrogens is 2. The zero-order valence-corrected chi connectivity index (χ0v) is 13.4. The Balaban J connectivity index is 1.65. The first-order valence-electron chi connectivity index (χ1n) is 7.35. The highest BCUT2D eigenvalue weighted by Crippen LogP contribution is 2.28. The molecule has 0 amide bonds.